The van der Waals surface area contributed by atoms with E-state index < -0.39 is 15.9 Å². The molecule has 152 valence electrons. The van der Waals surface area contributed by atoms with Gasteiger partial charge in [-0.2, -0.15) is 9.40 Å². The van der Waals surface area contributed by atoms with Crippen LogP contribution in [0.2, 0.25) is 0 Å². The molecule has 1 aromatic heterocycles. The van der Waals surface area contributed by atoms with Crippen LogP contribution in [-0.2, 0) is 28.4 Å². The van der Waals surface area contributed by atoms with Crippen LogP contribution in [0.1, 0.15) is 16.2 Å². The van der Waals surface area contributed by atoms with Gasteiger partial charge in [0.15, 0.2) is 10.6 Å². The minimum absolute atomic E-state index is 0.0530. The molecule has 1 fully saturated rings. The van der Waals surface area contributed by atoms with E-state index in [4.69, 9.17) is 21.7 Å². The number of carbonyl (C=O) groups is 1. The van der Waals surface area contributed by atoms with Crippen molar-refractivity contribution in [2.24, 2.45) is 7.05 Å². The molecule has 2 heterocycles. The number of ether oxygens (including phenoxy) is 2. The molecule has 10 nitrogen and oxygen atoms in total. The van der Waals surface area contributed by atoms with Gasteiger partial charge in [0.2, 0.25) is 10.0 Å². The molecule has 2 N–H and O–H groups in total. The SMILES string of the molecule is COc1ccc(C(=O)NCc2n[nH]c(=S)n2C)cc1S(=O)(=O)N1CCOCC1. The minimum Gasteiger partial charge on any atom is -0.495 e. The summed E-state index contributed by atoms with van der Waals surface area (Å²) in [6, 6.07) is 4.30. The zero-order chi connectivity index (χ0) is 20.3. The van der Waals surface area contributed by atoms with Gasteiger partial charge in [-0.1, -0.05) is 0 Å². The third-order valence-corrected chi connectivity index (χ3v) is 6.68. The lowest BCUT2D eigenvalue weighted by molar-refractivity contribution is 0.0729. The van der Waals surface area contributed by atoms with Crippen LogP contribution in [0.4, 0.5) is 0 Å². The van der Waals surface area contributed by atoms with Crippen molar-refractivity contribution in [3.8, 4) is 5.75 Å². The molecule has 0 unspecified atom stereocenters. The number of nitrogens with zero attached hydrogens (tertiary/aromatic N) is 3. The molecule has 0 saturated carbocycles. The number of aromatic nitrogens is 3. The lowest BCUT2D eigenvalue weighted by Gasteiger charge is -2.26. The second-order valence-electron chi connectivity index (χ2n) is 6.07. The molecule has 1 aliphatic heterocycles. The Morgan fingerprint density at radius 1 is 1.39 bits per heavy atom. The Balaban J connectivity index is 1.84. The van der Waals surface area contributed by atoms with Crippen molar-refractivity contribution < 1.29 is 22.7 Å². The summed E-state index contributed by atoms with van der Waals surface area (Å²) < 4.78 is 39.8. The number of morpholine rings is 1. The van der Waals surface area contributed by atoms with Gasteiger partial charge < -0.3 is 19.4 Å². The van der Waals surface area contributed by atoms with Crippen LogP contribution in [-0.4, -0.2) is 66.8 Å². The first-order valence-electron chi connectivity index (χ1n) is 8.49. The number of benzene rings is 1. The average molecular weight is 428 g/mol. The quantitative estimate of drug-likeness (QED) is 0.642. The van der Waals surface area contributed by atoms with E-state index in [1.54, 1.807) is 11.6 Å². The van der Waals surface area contributed by atoms with E-state index in [0.29, 0.717) is 23.8 Å². The molecule has 0 bridgehead atoms. The van der Waals surface area contributed by atoms with Crippen molar-refractivity contribution in [3.05, 3.63) is 34.4 Å². The number of methoxy groups -OCH3 is 1. The number of rotatable bonds is 6. The van der Waals surface area contributed by atoms with Crippen molar-refractivity contribution in [1.29, 1.82) is 0 Å². The van der Waals surface area contributed by atoms with Crippen molar-refractivity contribution in [2.75, 3.05) is 33.4 Å². The fourth-order valence-electron chi connectivity index (χ4n) is 2.74. The lowest BCUT2D eigenvalue weighted by Crippen LogP contribution is -2.40. The predicted octanol–water partition coefficient (Wildman–Crippen LogP) is 0.437. The van der Waals surface area contributed by atoms with Crippen molar-refractivity contribution in [1.82, 2.24) is 24.4 Å². The van der Waals surface area contributed by atoms with Gasteiger partial charge in [0.25, 0.3) is 5.91 Å². The molecule has 0 radical (unpaired) electrons. The van der Waals surface area contributed by atoms with E-state index >= 15 is 0 Å². The monoisotopic (exact) mass is 427 g/mol. The topological polar surface area (TPSA) is 119 Å². The highest BCUT2D eigenvalue weighted by Gasteiger charge is 2.30. The van der Waals surface area contributed by atoms with Gasteiger partial charge in [0.05, 0.1) is 26.9 Å². The highest BCUT2D eigenvalue weighted by atomic mass is 32.2. The molecular weight excluding hydrogens is 406 g/mol. The van der Waals surface area contributed by atoms with E-state index in [0.717, 1.165) is 0 Å². The van der Waals surface area contributed by atoms with Gasteiger partial charge in [0, 0.05) is 25.7 Å². The highest BCUT2D eigenvalue weighted by molar-refractivity contribution is 7.89. The number of H-pyrrole nitrogens is 1. The van der Waals surface area contributed by atoms with Crippen LogP contribution in [0.5, 0.6) is 5.75 Å². The number of aromatic amines is 1. The van der Waals surface area contributed by atoms with Crippen molar-refractivity contribution in [2.45, 2.75) is 11.4 Å². The number of carbonyl (C=O) groups excluding carboxylic acids is 1. The number of nitrogens with one attached hydrogen (secondary N) is 2. The molecule has 1 amide bonds. The largest absolute Gasteiger partial charge is 0.495 e. The number of sulfonamides is 1. The summed E-state index contributed by atoms with van der Waals surface area (Å²) in [5, 5.41) is 9.36. The Morgan fingerprint density at radius 2 is 2.11 bits per heavy atom. The standard InChI is InChI=1S/C16H21N5O5S2/c1-20-14(18-19-16(20)27)10-17-15(22)11-3-4-12(25-2)13(9-11)28(23,24)21-5-7-26-8-6-21/h3-4,9H,5-8,10H2,1-2H3,(H,17,22)(H,19,27). The second kappa shape index (κ2) is 8.39. The van der Waals surface area contributed by atoms with E-state index in [9.17, 15) is 13.2 Å². The maximum Gasteiger partial charge on any atom is 0.251 e. The van der Waals surface area contributed by atoms with Crippen LogP contribution < -0.4 is 10.1 Å². The molecular formula is C16H21N5O5S2. The fourth-order valence-corrected chi connectivity index (χ4v) is 4.49. The molecule has 1 saturated heterocycles. The maximum absolute atomic E-state index is 13.0. The summed E-state index contributed by atoms with van der Waals surface area (Å²) in [6.45, 7) is 1.29. The molecule has 1 aromatic carbocycles. The van der Waals surface area contributed by atoms with Gasteiger partial charge in [0.1, 0.15) is 10.6 Å². The van der Waals surface area contributed by atoms with Crippen molar-refractivity contribution in [3.63, 3.8) is 0 Å². The average Bonchev–Trinajstić information content (AvgIpc) is 3.04. The Morgan fingerprint density at radius 3 is 2.71 bits per heavy atom. The van der Waals surface area contributed by atoms with Gasteiger partial charge in [-0.3, -0.25) is 9.89 Å². The molecule has 0 spiro atoms. The lowest BCUT2D eigenvalue weighted by atomic mass is 10.2. The molecule has 1 aliphatic rings. The number of amides is 1. The Kier molecular flexibility index (Phi) is 6.13. The first-order valence-corrected chi connectivity index (χ1v) is 10.3. The van der Waals surface area contributed by atoms with Gasteiger partial charge >= 0.3 is 0 Å². The molecule has 28 heavy (non-hydrogen) atoms. The summed E-state index contributed by atoms with van der Waals surface area (Å²) in [6.07, 6.45) is 0. The van der Waals surface area contributed by atoms with Crippen molar-refractivity contribution >= 4 is 28.1 Å². The molecule has 0 aliphatic carbocycles. The molecule has 0 atom stereocenters. The third kappa shape index (κ3) is 4.09. The first-order chi connectivity index (χ1) is 13.3. The predicted molar refractivity (Wildman–Crippen MR) is 102 cm³/mol. The number of hydrogen-bond acceptors (Lipinski definition) is 7. The molecule has 12 heteroatoms. The van der Waals surface area contributed by atoms with Crippen LogP contribution >= 0.6 is 12.2 Å². The van der Waals surface area contributed by atoms with Crippen LogP contribution in [0, 0.1) is 4.77 Å². The Bertz CT molecular complexity index is 1020. The van der Waals surface area contributed by atoms with Gasteiger partial charge in [-0.25, -0.2) is 8.42 Å². The second-order valence-corrected chi connectivity index (χ2v) is 8.36. The highest BCUT2D eigenvalue weighted by Crippen LogP contribution is 2.28. The van der Waals surface area contributed by atoms with E-state index in [2.05, 4.69) is 15.5 Å². The smallest absolute Gasteiger partial charge is 0.251 e. The summed E-state index contributed by atoms with van der Waals surface area (Å²) in [5.74, 6) is 0.292. The summed E-state index contributed by atoms with van der Waals surface area (Å²) >= 11 is 5.03. The Labute approximate surface area is 167 Å². The fraction of sp³-hybridized carbons (Fsp3) is 0.438. The summed E-state index contributed by atoms with van der Waals surface area (Å²) in [7, 11) is -0.702. The normalized spacial score (nSPS) is 15.4. The van der Waals surface area contributed by atoms with Crippen LogP contribution in [0.25, 0.3) is 0 Å². The third-order valence-electron chi connectivity index (χ3n) is 4.39. The van der Waals surface area contributed by atoms with Crippen LogP contribution in [0.15, 0.2) is 23.1 Å². The zero-order valence-electron chi connectivity index (χ0n) is 15.5. The maximum atomic E-state index is 13.0. The summed E-state index contributed by atoms with van der Waals surface area (Å²) in [4.78, 5) is 12.5. The molecule has 3 rings (SSSR count). The Hall–Kier alpha value is -2.28. The number of hydrogen-bond donors (Lipinski definition) is 2. The van der Waals surface area contributed by atoms with Gasteiger partial charge in [-0.15, -0.1) is 0 Å². The summed E-state index contributed by atoms with van der Waals surface area (Å²) in [5.41, 5.74) is 0.199. The van der Waals surface area contributed by atoms with E-state index in [1.807, 2.05) is 0 Å². The minimum atomic E-state index is -3.82. The molecule has 2 aromatic rings. The van der Waals surface area contributed by atoms with E-state index in [-0.39, 0.29) is 35.8 Å². The first kappa shape index (κ1) is 20.5. The van der Waals surface area contributed by atoms with Crippen LogP contribution in [0.3, 0.4) is 0 Å². The zero-order valence-corrected chi connectivity index (χ0v) is 17.1. The van der Waals surface area contributed by atoms with E-state index in [1.165, 1.54) is 29.6 Å². The van der Waals surface area contributed by atoms with Gasteiger partial charge in [-0.05, 0) is 30.4 Å².